The Morgan fingerprint density at radius 1 is 0.321 bits per heavy atom. The number of hydrogen-bond acceptors (Lipinski definition) is 3. The molecule has 3 nitrogen and oxygen atoms in total. The van der Waals surface area contributed by atoms with Crippen molar-refractivity contribution >= 4 is 32.8 Å². The number of para-hydroxylation sites is 1. The SMILES string of the molecule is c1ccc(-c2cc(-c3ccccc3)cc(-c3cccc(-c4cccc(-c5nc(-c6ccccc6)c6c(ccc7c8ccccc8oc76)n5)c4)c3)c2)cc1. The summed E-state index contributed by atoms with van der Waals surface area (Å²) in [5.41, 5.74) is 14.7. The molecule has 0 radical (unpaired) electrons. The summed E-state index contributed by atoms with van der Waals surface area (Å²) in [6.07, 6.45) is 0. The molecule has 2 aromatic heterocycles. The zero-order valence-electron chi connectivity index (χ0n) is 28.8. The molecule has 0 aliphatic carbocycles. The van der Waals surface area contributed by atoms with Crippen LogP contribution in [0.25, 0.3) is 100.0 Å². The maximum atomic E-state index is 6.48. The molecule has 0 fully saturated rings. The third kappa shape index (κ3) is 5.65. The first-order valence-corrected chi connectivity index (χ1v) is 17.9. The fraction of sp³-hybridized carbons (Fsp3) is 0. The second-order valence-electron chi connectivity index (χ2n) is 13.4. The standard InChI is InChI=1S/C50H32N2O/c1-4-14-33(15-5-1)40-30-41(34-16-6-2-7-17-34)32-42(31-40)38-22-12-20-36(28-38)37-21-13-23-39(29-37)50-51-45-27-26-44-43-24-10-11-25-46(43)53-49(44)47(45)48(52-50)35-18-8-3-9-19-35/h1-32H. The van der Waals surface area contributed by atoms with Crippen LogP contribution >= 0.6 is 0 Å². The molecule has 8 aromatic carbocycles. The van der Waals surface area contributed by atoms with Crippen molar-refractivity contribution in [1.29, 1.82) is 0 Å². The fourth-order valence-corrected chi connectivity index (χ4v) is 7.44. The van der Waals surface area contributed by atoms with Crippen molar-refractivity contribution in [2.24, 2.45) is 0 Å². The first-order valence-electron chi connectivity index (χ1n) is 17.9. The van der Waals surface area contributed by atoms with Gasteiger partial charge in [-0.1, -0.05) is 146 Å². The predicted molar refractivity (Wildman–Crippen MR) is 219 cm³/mol. The minimum absolute atomic E-state index is 0.674. The van der Waals surface area contributed by atoms with Gasteiger partial charge in [0, 0.05) is 21.9 Å². The highest BCUT2D eigenvalue weighted by Gasteiger charge is 2.18. The highest BCUT2D eigenvalue weighted by atomic mass is 16.3. The lowest BCUT2D eigenvalue weighted by molar-refractivity contribution is 0.672. The van der Waals surface area contributed by atoms with E-state index in [2.05, 4.69) is 158 Å². The third-order valence-corrected chi connectivity index (χ3v) is 10.1. The van der Waals surface area contributed by atoms with Crippen LogP contribution in [0, 0.1) is 0 Å². The monoisotopic (exact) mass is 676 g/mol. The molecule has 0 amide bonds. The highest BCUT2D eigenvalue weighted by Crippen LogP contribution is 2.40. The van der Waals surface area contributed by atoms with Crippen molar-refractivity contribution in [2.75, 3.05) is 0 Å². The number of aromatic nitrogens is 2. The van der Waals surface area contributed by atoms with Gasteiger partial charge in [-0.25, -0.2) is 9.97 Å². The molecular weight excluding hydrogens is 645 g/mol. The molecule has 3 heteroatoms. The van der Waals surface area contributed by atoms with Crippen LogP contribution in [-0.4, -0.2) is 9.97 Å². The van der Waals surface area contributed by atoms with Crippen LogP contribution in [0.5, 0.6) is 0 Å². The first kappa shape index (κ1) is 30.7. The molecule has 0 saturated heterocycles. The van der Waals surface area contributed by atoms with Crippen LogP contribution in [-0.2, 0) is 0 Å². The first-order chi connectivity index (χ1) is 26.2. The minimum atomic E-state index is 0.674. The van der Waals surface area contributed by atoms with E-state index in [1.807, 2.05) is 36.4 Å². The molecule has 0 unspecified atom stereocenters. The molecule has 53 heavy (non-hydrogen) atoms. The molecule has 2 heterocycles. The molecule has 0 bridgehead atoms. The largest absolute Gasteiger partial charge is 0.455 e. The Kier molecular flexibility index (Phi) is 7.47. The van der Waals surface area contributed by atoms with Crippen molar-refractivity contribution in [3.05, 3.63) is 194 Å². The zero-order chi connectivity index (χ0) is 35.1. The number of furan rings is 1. The van der Waals surface area contributed by atoms with Crippen LogP contribution in [0.2, 0.25) is 0 Å². The van der Waals surface area contributed by atoms with E-state index in [4.69, 9.17) is 14.4 Å². The highest BCUT2D eigenvalue weighted by molar-refractivity contribution is 6.17. The second kappa shape index (κ2) is 12.9. The summed E-state index contributed by atoms with van der Waals surface area (Å²) >= 11 is 0. The number of fused-ring (bicyclic) bond motifs is 5. The Bertz CT molecular complexity index is 2870. The van der Waals surface area contributed by atoms with Gasteiger partial charge in [0.2, 0.25) is 0 Å². The van der Waals surface area contributed by atoms with Crippen LogP contribution in [0.1, 0.15) is 0 Å². The summed E-state index contributed by atoms with van der Waals surface area (Å²) in [4.78, 5) is 10.4. The number of nitrogens with zero attached hydrogens (tertiary/aromatic N) is 2. The molecule has 0 atom stereocenters. The van der Waals surface area contributed by atoms with E-state index in [1.54, 1.807) is 0 Å². The van der Waals surface area contributed by atoms with Gasteiger partial charge in [-0.3, -0.25) is 0 Å². The summed E-state index contributed by atoms with van der Waals surface area (Å²) in [5.74, 6) is 0.674. The minimum Gasteiger partial charge on any atom is -0.455 e. The Hall–Kier alpha value is -7.10. The second-order valence-corrected chi connectivity index (χ2v) is 13.4. The molecule has 0 saturated carbocycles. The summed E-state index contributed by atoms with van der Waals surface area (Å²) in [5, 5.41) is 3.07. The van der Waals surface area contributed by atoms with E-state index in [1.165, 1.54) is 27.8 Å². The Labute approximate surface area is 307 Å². The summed E-state index contributed by atoms with van der Waals surface area (Å²) in [6.45, 7) is 0. The molecule has 0 spiro atoms. The maximum absolute atomic E-state index is 6.48. The van der Waals surface area contributed by atoms with E-state index in [0.29, 0.717) is 5.82 Å². The van der Waals surface area contributed by atoms with Crippen LogP contribution in [0.3, 0.4) is 0 Å². The van der Waals surface area contributed by atoms with Crippen molar-refractivity contribution in [2.45, 2.75) is 0 Å². The predicted octanol–water partition coefficient (Wildman–Crippen LogP) is 13.5. The van der Waals surface area contributed by atoms with Crippen molar-refractivity contribution in [1.82, 2.24) is 9.97 Å². The molecule has 0 aliphatic heterocycles. The lowest BCUT2D eigenvalue weighted by Gasteiger charge is -2.13. The Balaban J connectivity index is 1.09. The van der Waals surface area contributed by atoms with Gasteiger partial charge >= 0.3 is 0 Å². The number of rotatable bonds is 6. The smallest absolute Gasteiger partial charge is 0.160 e. The fourth-order valence-electron chi connectivity index (χ4n) is 7.44. The molecule has 0 aliphatic rings. The Morgan fingerprint density at radius 3 is 1.43 bits per heavy atom. The van der Waals surface area contributed by atoms with Crippen LogP contribution < -0.4 is 0 Å². The van der Waals surface area contributed by atoms with Gasteiger partial charge < -0.3 is 4.42 Å². The van der Waals surface area contributed by atoms with Crippen molar-refractivity contribution in [3.63, 3.8) is 0 Å². The third-order valence-electron chi connectivity index (χ3n) is 10.1. The van der Waals surface area contributed by atoms with E-state index < -0.39 is 0 Å². The van der Waals surface area contributed by atoms with Gasteiger partial charge in [-0.15, -0.1) is 0 Å². The topological polar surface area (TPSA) is 38.9 Å². The molecule has 0 N–H and O–H groups in total. The maximum Gasteiger partial charge on any atom is 0.160 e. The average Bonchev–Trinajstić information content (AvgIpc) is 3.63. The van der Waals surface area contributed by atoms with E-state index in [-0.39, 0.29) is 0 Å². The summed E-state index contributed by atoms with van der Waals surface area (Å²) in [7, 11) is 0. The van der Waals surface area contributed by atoms with Gasteiger partial charge in [-0.2, -0.15) is 0 Å². The van der Waals surface area contributed by atoms with Gasteiger partial charge in [0.15, 0.2) is 5.82 Å². The van der Waals surface area contributed by atoms with E-state index >= 15 is 0 Å². The molecular formula is C50H32N2O. The quantitative estimate of drug-likeness (QED) is 0.176. The molecule has 248 valence electrons. The average molecular weight is 677 g/mol. The number of benzene rings is 8. The Morgan fingerprint density at radius 2 is 0.792 bits per heavy atom. The van der Waals surface area contributed by atoms with Gasteiger partial charge in [-0.05, 0) is 93.0 Å². The van der Waals surface area contributed by atoms with Crippen LogP contribution in [0.4, 0.5) is 0 Å². The van der Waals surface area contributed by atoms with Gasteiger partial charge in [0.05, 0.1) is 16.6 Å². The van der Waals surface area contributed by atoms with E-state index in [0.717, 1.165) is 66.4 Å². The summed E-state index contributed by atoms with van der Waals surface area (Å²) < 4.78 is 6.48. The summed E-state index contributed by atoms with van der Waals surface area (Å²) in [6, 6.07) is 68.2. The lowest BCUT2D eigenvalue weighted by Crippen LogP contribution is -1.96. The van der Waals surface area contributed by atoms with Crippen LogP contribution in [0.15, 0.2) is 199 Å². The van der Waals surface area contributed by atoms with Gasteiger partial charge in [0.25, 0.3) is 0 Å². The van der Waals surface area contributed by atoms with Crippen molar-refractivity contribution < 1.29 is 4.42 Å². The number of hydrogen-bond donors (Lipinski definition) is 0. The lowest BCUT2D eigenvalue weighted by atomic mass is 9.92. The van der Waals surface area contributed by atoms with E-state index in [9.17, 15) is 0 Å². The molecule has 10 rings (SSSR count). The molecule has 10 aromatic rings. The van der Waals surface area contributed by atoms with Gasteiger partial charge in [0.1, 0.15) is 11.2 Å². The van der Waals surface area contributed by atoms with Crippen molar-refractivity contribution in [3.8, 4) is 67.2 Å². The normalized spacial score (nSPS) is 11.4. The zero-order valence-corrected chi connectivity index (χ0v) is 28.8.